The van der Waals surface area contributed by atoms with Crippen molar-refractivity contribution in [3.05, 3.63) is 34.5 Å². The van der Waals surface area contributed by atoms with Crippen molar-refractivity contribution in [2.45, 2.75) is 38.0 Å². The molecule has 1 atom stereocenters. The van der Waals surface area contributed by atoms with Gasteiger partial charge in [-0.05, 0) is 44.0 Å². The van der Waals surface area contributed by atoms with Crippen molar-refractivity contribution in [2.75, 3.05) is 7.11 Å². The molecule has 1 saturated carbocycles. The Morgan fingerprint density at radius 1 is 1.37 bits per heavy atom. The van der Waals surface area contributed by atoms with Crippen LogP contribution in [0.25, 0.3) is 11.0 Å². The highest BCUT2D eigenvalue weighted by molar-refractivity contribution is 9.10. The Labute approximate surface area is 121 Å². The number of fused-ring (bicyclic) bond motifs is 1. The molecule has 0 radical (unpaired) electrons. The lowest BCUT2D eigenvalue weighted by Gasteiger charge is -2.36. The number of benzene rings is 1. The Kier molecular flexibility index (Phi) is 3.65. The highest BCUT2D eigenvalue weighted by Crippen LogP contribution is 2.29. The summed E-state index contributed by atoms with van der Waals surface area (Å²) in [6.45, 7) is 2.15. The fourth-order valence-electron chi connectivity index (χ4n) is 2.58. The zero-order valence-electron chi connectivity index (χ0n) is 11.2. The summed E-state index contributed by atoms with van der Waals surface area (Å²) in [5, 5.41) is 4.73. The predicted molar refractivity (Wildman–Crippen MR) is 79.3 cm³/mol. The molecule has 19 heavy (non-hydrogen) atoms. The largest absolute Gasteiger partial charge is 0.459 e. The zero-order valence-corrected chi connectivity index (χ0v) is 12.7. The third-order valence-electron chi connectivity index (χ3n) is 3.84. The summed E-state index contributed by atoms with van der Waals surface area (Å²) in [4.78, 5) is 0. The Balaban J connectivity index is 1.69. The van der Waals surface area contributed by atoms with E-state index in [-0.39, 0.29) is 6.04 Å². The molecule has 1 heterocycles. The van der Waals surface area contributed by atoms with E-state index in [9.17, 15) is 0 Å². The Morgan fingerprint density at radius 2 is 2.16 bits per heavy atom. The molecule has 1 fully saturated rings. The quantitative estimate of drug-likeness (QED) is 0.922. The smallest absolute Gasteiger partial charge is 0.134 e. The first-order valence-electron chi connectivity index (χ1n) is 6.63. The summed E-state index contributed by atoms with van der Waals surface area (Å²) in [6.07, 6.45) is 2.61. The molecule has 3 rings (SSSR count). The normalized spacial score (nSPS) is 24.4. The van der Waals surface area contributed by atoms with E-state index in [1.54, 1.807) is 7.11 Å². The van der Waals surface area contributed by atoms with Gasteiger partial charge in [0.15, 0.2) is 0 Å². The summed E-state index contributed by atoms with van der Waals surface area (Å²) in [5.74, 6) is 0.994. The summed E-state index contributed by atoms with van der Waals surface area (Å²) in [6, 6.07) is 8.97. The molecule has 3 nitrogen and oxygen atoms in total. The van der Waals surface area contributed by atoms with Crippen molar-refractivity contribution >= 4 is 26.9 Å². The number of furan rings is 1. The van der Waals surface area contributed by atoms with Crippen molar-refractivity contribution in [3.63, 3.8) is 0 Å². The minimum absolute atomic E-state index is 0.231. The van der Waals surface area contributed by atoms with Crippen LogP contribution in [0.1, 0.15) is 31.6 Å². The van der Waals surface area contributed by atoms with Crippen LogP contribution in [0.3, 0.4) is 0 Å². The predicted octanol–water partition coefficient (Wildman–Crippen LogP) is 4.02. The molecule has 0 bridgehead atoms. The van der Waals surface area contributed by atoms with Crippen molar-refractivity contribution in [3.8, 4) is 0 Å². The minimum atomic E-state index is 0.231. The van der Waals surface area contributed by atoms with E-state index in [4.69, 9.17) is 9.15 Å². The molecule has 0 spiro atoms. The highest BCUT2D eigenvalue weighted by Gasteiger charge is 2.30. The molecule has 0 aliphatic heterocycles. The Hall–Kier alpha value is -0.840. The molecule has 1 aromatic carbocycles. The molecule has 1 aliphatic carbocycles. The van der Waals surface area contributed by atoms with Crippen LogP contribution in [0.4, 0.5) is 0 Å². The number of rotatable bonds is 4. The molecular formula is C15H18BrNO2. The lowest BCUT2D eigenvalue weighted by Crippen LogP contribution is -2.45. The van der Waals surface area contributed by atoms with Gasteiger partial charge in [-0.3, -0.25) is 0 Å². The maximum Gasteiger partial charge on any atom is 0.134 e. The van der Waals surface area contributed by atoms with Gasteiger partial charge in [0.2, 0.25) is 0 Å². The second-order valence-electron chi connectivity index (χ2n) is 5.25. The van der Waals surface area contributed by atoms with Gasteiger partial charge >= 0.3 is 0 Å². The van der Waals surface area contributed by atoms with E-state index in [0.717, 1.165) is 34.0 Å². The molecule has 2 aromatic rings. The number of halogens is 1. The molecule has 0 saturated heterocycles. The van der Waals surface area contributed by atoms with E-state index in [1.807, 2.05) is 12.1 Å². The van der Waals surface area contributed by atoms with Crippen molar-refractivity contribution in [1.82, 2.24) is 5.32 Å². The molecule has 4 heteroatoms. The number of hydrogen-bond acceptors (Lipinski definition) is 3. The van der Waals surface area contributed by atoms with Gasteiger partial charge < -0.3 is 14.5 Å². The van der Waals surface area contributed by atoms with Crippen LogP contribution in [-0.2, 0) is 4.74 Å². The molecule has 1 N–H and O–H groups in total. The van der Waals surface area contributed by atoms with Gasteiger partial charge in [0.25, 0.3) is 0 Å². The number of methoxy groups -OCH3 is 1. The summed E-state index contributed by atoms with van der Waals surface area (Å²) in [5.41, 5.74) is 0.940. The molecule has 0 amide bonds. The maximum absolute atomic E-state index is 5.89. The average molecular weight is 324 g/mol. The van der Waals surface area contributed by atoms with Gasteiger partial charge in [-0.15, -0.1) is 0 Å². The molecule has 1 aliphatic rings. The van der Waals surface area contributed by atoms with Crippen molar-refractivity contribution < 1.29 is 9.15 Å². The molecule has 102 valence electrons. The summed E-state index contributed by atoms with van der Waals surface area (Å²) >= 11 is 3.48. The monoisotopic (exact) mass is 323 g/mol. The maximum atomic E-state index is 5.89. The fourth-order valence-corrected chi connectivity index (χ4v) is 2.96. The average Bonchev–Trinajstić information content (AvgIpc) is 2.75. The number of ether oxygens (including phenoxy) is 1. The van der Waals surface area contributed by atoms with Gasteiger partial charge in [-0.1, -0.05) is 15.9 Å². The standard InChI is InChI=1S/C15H18BrNO2/c1-9(17-12-7-13(8-12)18-2)15-6-10-5-11(16)3-4-14(10)19-15/h3-6,9,12-13,17H,7-8H2,1-2H3. The molecular weight excluding hydrogens is 306 g/mol. The third kappa shape index (κ3) is 2.71. The van der Waals surface area contributed by atoms with Crippen LogP contribution >= 0.6 is 15.9 Å². The van der Waals surface area contributed by atoms with Gasteiger partial charge in [0.05, 0.1) is 12.1 Å². The molecule has 1 unspecified atom stereocenters. The van der Waals surface area contributed by atoms with Crippen LogP contribution in [0.2, 0.25) is 0 Å². The van der Waals surface area contributed by atoms with Crippen LogP contribution in [0.15, 0.2) is 33.2 Å². The minimum Gasteiger partial charge on any atom is -0.459 e. The number of nitrogens with one attached hydrogen (secondary N) is 1. The van der Waals surface area contributed by atoms with Crippen molar-refractivity contribution in [1.29, 1.82) is 0 Å². The van der Waals surface area contributed by atoms with E-state index in [1.165, 1.54) is 0 Å². The van der Waals surface area contributed by atoms with E-state index in [2.05, 4.69) is 40.3 Å². The summed E-state index contributed by atoms with van der Waals surface area (Å²) < 4.78 is 12.3. The van der Waals surface area contributed by atoms with Gasteiger partial charge in [-0.25, -0.2) is 0 Å². The first kappa shape index (κ1) is 13.2. The lowest BCUT2D eigenvalue weighted by atomic mass is 9.88. The van der Waals surface area contributed by atoms with Gasteiger partial charge in [-0.2, -0.15) is 0 Å². The van der Waals surface area contributed by atoms with E-state index < -0.39 is 0 Å². The van der Waals surface area contributed by atoms with Crippen molar-refractivity contribution in [2.24, 2.45) is 0 Å². The first-order valence-corrected chi connectivity index (χ1v) is 7.43. The third-order valence-corrected chi connectivity index (χ3v) is 4.33. The van der Waals surface area contributed by atoms with Gasteiger partial charge in [0.1, 0.15) is 11.3 Å². The van der Waals surface area contributed by atoms with E-state index >= 15 is 0 Å². The first-order chi connectivity index (χ1) is 9.15. The zero-order chi connectivity index (χ0) is 13.4. The lowest BCUT2D eigenvalue weighted by molar-refractivity contribution is 0.0141. The second kappa shape index (κ2) is 5.27. The number of hydrogen-bond donors (Lipinski definition) is 1. The Morgan fingerprint density at radius 3 is 2.89 bits per heavy atom. The van der Waals surface area contributed by atoms with E-state index in [0.29, 0.717) is 12.1 Å². The van der Waals surface area contributed by atoms with Crippen LogP contribution in [0.5, 0.6) is 0 Å². The molecule has 1 aromatic heterocycles. The second-order valence-corrected chi connectivity index (χ2v) is 6.16. The van der Waals surface area contributed by atoms with Gasteiger partial charge in [0, 0.05) is 23.0 Å². The highest BCUT2D eigenvalue weighted by atomic mass is 79.9. The van der Waals surface area contributed by atoms with Crippen LogP contribution < -0.4 is 5.32 Å². The topological polar surface area (TPSA) is 34.4 Å². The fraction of sp³-hybridized carbons (Fsp3) is 0.467. The van der Waals surface area contributed by atoms with Crippen LogP contribution in [-0.4, -0.2) is 19.3 Å². The SMILES string of the molecule is COC1CC(NC(C)c2cc3cc(Br)ccc3o2)C1. The van der Waals surface area contributed by atoms with Crippen LogP contribution in [0, 0.1) is 0 Å². The summed E-state index contributed by atoms with van der Waals surface area (Å²) in [7, 11) is 1.78. The Bertz CT molecular complexity index is 575.